The van der Waals surface area contributed by atoms with E-state index in [1.807, 2.05) is 0 Å². The van der Waals surface area contributed by atoms with E-state index in [0.717, 1.165) is 17.1 Å². The highest BCUT2D eigenvalue weighted by atomic mass is 15.1. The van der Waals surface area contributed by atoms with Crippen LogP contribution in [0.2, 0.25) is 0 Å². The van der Waals surface area contributed by atoms with Crippen LogP contribution < -0.4 is 4.90 Å². The Bertz CT molecular complexity index is 3090. The Morgan fingerprint density at radius 2 is 0.746 bits per heavy atom. The topological polar surface area (TPSA) is 3.24 Å². The molecule has 0 radical (unpaired) electrons. The van der Waals surface area contributed by atoms with Crippen molar-refractivity contribution in [3.8, 4) is 55.6 Å². The molecule has 0 saturated carbocycles. The molecule has 9 aromatic carbocycles. The van der Waals surface area contributed by atoms with Gasteiger partial charge in [-0.15, -0.1) is 0 Å². The van der Waals surface area contributed by atoms with Gasteiger partial charge in [-0.3, -0.25) is 0 Å². The predicted molar refractivity (Wildman–Crippen MR) is 246 cm³/mol. The highest BCUT2D eigenvalue weighted by Crippen LogP contribution is 2.63. The molecule has 0 saturated heterocycles. The van der Waals surface area contributed by atoms with Gasteiger partial charge in [0.1, 0.15) is 0 Å². The Morgan fingerprint density at radius 1 is 0.288 bits per heavy atom. The van der Waals surface area contributed by atoms with Gasteiger partial charge in [0.15, 0.2) is 0 Å². The molecule has 0 bridgehead atoms. The Labute approximate surface area is 346 Å². The fourth-order valence-corrected chi connectivity index (χ4v) is 10.9. The lowest BCUT2D eigenvalue weighted by Gasteiger charge is -2.31. The first kappa shape index (κ1) is 33.9. The average Bonchev–Trinajstić information content (AvgIpc) is 3.85. The van der Waals surface area contributed by atoms with Crippen molar-refractivity contribution in [3.05, 3.63) is 246 Å². The normalized spacial score (nSPS) is 14.2. The van der Waals surface area contributed by atoms with E-state index < -0.39 is 0 Å². The smallest absolute Gasteiger partial charge is 0.0725 e. The van der Waals surface area contributed by atoms with Gasteiger partial charge in [-0.2, -0.15) is 0 Å². The first-order chi connectivity index (χ1) is 29.0. The van der Waals surface area contributed by atoms with Gasteiger partial charge in [-0.1, -0.05) is 190 Å². The number of rotatable bonds is 5. The first-order valence-electron chi connectivity index (χ1n) is 20.8. The van der Waals surface area contributed by atoms with Gasteiger partial charge in [-0.05, 0) is 120 Å². The number of hydrogen-bond donors (Lipinski definition) is 0. The molecule has 0 N–H and O–H groups in total. The summed E-state index contributed by atoms with van der Waals surface area (Å²) in [6.45, 7) is 4.71. The second-order valence-electron chi connectivity index (χ2n) is 16.8. The monoisotopic (exact) mass is 751 g/mol. The summed E-state index contributed by atoms with van der Waals surface area (Å²) in [7, 11) is 0. The molecule has 0 fully saturated rings. The second-order valence-corrected chi connectivity index (χ2v) is 16.8. The molecule has 59 heavy (non-hydrogen) atoms. The van der Waals surface area contributed by atoms with Gasteiger partial charge in [0.05, 0.1) is 11.1 Å². The van der Waals surface area contributed by atoms with Crippen molar-refractivity contribution >= 4 is 17.1 Å². The Kier molecular flexibility index (Phi) is 7.26. The molecule has 0 amide bonds. The minimum Gasteiger partial charge on any atom is -0.310 e. The molecule has 3 aliphatic carbocycles. The van der Waals surface area contributed by atoms with Crippen molar-refractivity contribution < 1.29 is 0 Å². The molecule has 3 aliphatic rings. The summed E-state index contributed by atoms with van der Waals surface area (Å²) in [4.78, 5) is 2.46. The summed E-state index contributed by atoms with van der Waals surface area (Å²) in [5, 5.41) is 0. The van der Waals surface area contributed by atoms with Crippen LogP contribution >= 0.6 is 0 Å². The summed E-state index contributed by atoms with van der Waals surface area (Å²) < 4.78 is 0. The second kappa shape index (κ2) is 12.6. The van der Waals surface area contributed by atoms with Gasteiger partial charge in [0, 0.05) is 22.4 Å². The fourth-order valence-electron chi connectivity index (χ4n) is 10.9. The lowest BCUT2D eigenvalue weighted by Crippen LogP contribution is -2.25. The Balaban J connectivity index is 1.03. The number of fused-ring (bicyclic) bond motifs is 13. The number of hydrogen-bond acceptors (Lipinski definition) is 1. The molecule has 12 rings (SSSR count). The zero-order chi connectivity index (χ0) is 39.3. The largest absolute Gasteiger partial charge is 0.310 e. The highest BCUT2D eigenvalue weighted by Gasteiger charge is 2.51. The Morgan fingerprint density at radius 3 is 1.39 bits per heavy atom. The van der Waals surface area contributed by atoms with Gasteiger partial charge < -0.3 is 4.90 Å². The van der Waals surface area contributed by atoms with Crippen molar-refractivity contribution in [2.45, 2.75) is 24.7 Å². The Hall–Kier alpha value is -7.22. The van der Waals surface area contributed by atoms with Gasteiger partial charge >= 0.3 is 0 Å². The first-order valence-corrected chi connectivity index (χ1v) is 20.8. The minimum atomic E-state index is -0.377. The van der Waals surface area contributed by atoms with E-state index in [9.17, 15) is 0 Å². The molecule has 1 heteroatoms. The number of anilines is 3. The van der Waals surface area contributed by atoms with Crippen molar-refractivity contribution in [1.82, 2.24) is 0 Å². The maximum Gasteiger partial charge on any atom is 0.0725 e. The van der Waals surface area contributed by atoms with Crippen molar-refractivity contribution in [1.29, 1.82) is 0 Å². The molecule has 0 aliphatic heterocycles. The molecular weight excluding hydrogens is 711 g/mol. The lowest BCUT2D eigenvalue weighted by atomic mass is 9.70. The van der Waals surface area contributed by atoms with E-state index >= 15 is 0 Å². The molecule has 1 spiro atoms. The van der Waals surface area contributed by atoms with Gasteiger partial charge in [-0.25, -0.2) is 0 Å². The number of benzene rings is 9. The molecule has 0 atom stereocenters. The lowest BCUT2D eigenvalue weighted by molar-refractivity contribution is 0.660. The van der Waals surface area contributed by atoms with E-state index in [-0.39, 0.29) is 10.8 Å². The maximum atomic E-state index is 2.46. The summed E-state index contributed by atoms with van der Waals surface area (Å²) >= 11 is 0. The summed E-state index contributed by atoms with van der Waals surface area (Å²) in [6, 6.07) is 79.1. The van der Waals surface area contributed by atoms with Gasteiger partial charge in [0.2, 0.25) is 0 Å². The number of nitrogens with zero attached hydrogens (tertiary/aromatic N) is 1. The van der Waals surface area contributed by atoms with Crippen LogP contribution in [0.5, 0.6) is 0 Å². The average molecular weight is 752 g/mol. The third-order valence-corrected chi connectivity index (χ3v) is 13.5. The molecular formula is C58H41N. The zero-order valence-corrected chi connectivity index (χ0v) is 33.2. The van der Waals surface area contributed by atoms with Crippen LogP contribution in [-0.2, 0) is 10.8 Å². The van der Waals surface area contributed by atoms with E-state index in [1.54, 1.807) is 0 Å². The summed E-state index contributed by atoms with van der Waals surface area (Å²) in [6.07, 6.45) is 0. The summed E-state index contributed by atoms with van der Waals surface area (Å²) in [5.41, 5.74) is 23.9. The van der Waals surface area contributed by atoms with Gasteiger partial charge in [0.25, 0.3) is 0 Å². The summed E-state index contributed by atoms with van der Waals surface area (Å²) in [5.74, 6) is 0. The number of para-hydroxylation sites is 1. The van der Waals surface area contributed by atoms with Crippen molar-refractivity contribution in [3.63, 3.8) is 0 Å². The van der Waals surface area contributed by atoms with E-state index in [1.165, 1.54) is 89.0 Å². The van der Waals surface area contributed by atoms with E-state index in [2.05, 4.69) is 231 Å². The van der Waals surface area contributed by atoms with E-state index in [0.29, 0.717) is 0 Å². The molecule has 278 valence electrons. The third kappa shape index (κ3) is 4.73. The predicted octanol–water partition coefficient (Wildman–Crippen LogP) is 15.1. The van der Waals surface area contributed by atoms with Crippen molar-refractivity contribution in [2.75, 3.05) is 4.90 Å². The van der Waals surface area contributed by atoms with E-state index in [4.69, 9.17) is 0 Å². The van der Waals surface area contributed by atoms with Crippen molar-refractivity contribution in [2.24, 2.45) is 0 Å². The van der Waals surface area contributed by atoms with Crippen LogP contribution in [0.25, 0.3) is 55.6 Å². The third-order valence-electron chi connectivity index (χ3n) is 13.5. The molecule has 0 heterocycles. The molecule has 9 aromatic rings. The van der Waals surface area contributed by atoms with Crippen LogP contribution in [0.15, 0.2) is 212 Å². The van der Waals surface area contributed by atoms with Crippen LogP contribution in [0.3, 0.4) is 0 Å². The molecule has 1 nitrogen and oxygen atoms in total. The molecule has 0 aromatic heterocycles. The highest BCUT2D eigenvalue weighted by molar-refractivity contribution is 5.97. The molecule has 0 unspecified atom stereocenters. The minimum absolute atomic E-state index is 0.0484. The zero-order valence-electron chi connectivity index (χ0n) is 33.2. The quantitative estimate of drug-likeness (QED) is 0.169. The fraction of sp³-hybridized carbons (Fsp3) is 0.0690. The van der Waals surface area contributed by atoms with Crippen LogP contribution in [0.4, 0.5) is 17.1 Å². The maximum absolute atomic E-state index is 2.46. The van der Waals surface area contributed by atoms with Crippen LogP contribution in [0, 0.1) is 0 Å². The van der Waals surface area contributed by atoms with Crippen LogP contribution in [-0.4, -0.2) is 0 Å². The van der Waals surface area contributed by atoms with Crippen LogP contribution in [0.1, 0.15) is 47.2 Å². The SMILES string of the molecule is CC1(C)c2ccccc2-c2ccc(-c3ccc(N(c4ccc5c(c4)-c4ccccc4C54c5ccccc5-c5ccccc54)c4ccccc4-c4ccccc4)cc3)cc21. The standard InChI is InChI=1S/C58H41N/c1-57(2)50-23-11-6-19-44(50)48-34-30-40(36-55(48)57)38-28-31-41(32-29-38)59(56-27-15-10-18-43(56)39-16-4-3-5-17-39)42-33-35-54-49(37-42)47-22-9-14-26-53(47)58(54)51-24-12-7-20-45(51)46-21-8-13-25-52(46)58/h3-37H,1-2H3.